The van der Waals surface area contributed by atoms with E-state index in [2.05, 4.69) is 35.5 Å². The van der Waals surface area contributed by atoms with Crippen LogP contribution in [0.1, 0.15) is 24.5 Å². The maximum atomic E-state index is 5.81. The summed E-state index contributed by atoms with van der Waals surface area (Å²) in [4.78, 5) is 0. The number of nitrogens with zero attached hydrogens (tertiary/aromatic N) is 2. The monoisotopic (exact) mass is 283 g/mol. The minimum Gasteiger partial charge on any atom is -0.489 e. The molecular weight excluding hydrogens is 262 g/mol. The zero-order chi connectivity index (χ0) is 14.5. The number of rotatable bonds is 5. The summed E-state index contributed by atoms with van der Waals surface area (Å²) in [5.74, 6) is 0.900. The molecule has 1 N–H and O–H groups in total. The molecule has 1 aliphatic rings. The van der Waals surface area contributed by atoms with E-state index in [-0.39, 0.29) is 0 Å². The van der Waals surface area contributed by atoms with Crippen molar-refractivity contribution in [3.8, 4) is 5.75 Å². The highest BCUT2D eigenvalue weighted by Gasteiger charge is 2.06. The van der Waals surface area contributed by atoms with Crippen LogP contribution < -0.4 is 10.1 Å². The zero-order valence-corrected chi connectivity index (χ0v) is 12.4. The van der Waals surface area contributed by atoms with Crippen LogP contribution >= 0.6 is 0 Å². The Bertz CT molecular complexity index is 613. The summed E-state index contributed by atoms with van der Waals surface area (Å²) in [5, 5.41) is 7.58. The second kappa shape index (κ2) is 6.59. The lowest BCUT2D eigenvalue weighted by molar-refractivity contribution is 0.306. The number of aromatic nitrogens is 2. The second-order valence-corrected chi connectivity index (χ2v) is 5.20. The van der Waals surface area contributed by atoms with Gasteiger partial charge in [0.2, 0.25) is 0 Å². The first-order valence-electron chi connectivity index (χ1n) is 7.49. The van der Waals surface area contributed by atoms with Gasteiger partial charge >= 0.3 is 0 Å². The highest BCUT2D eigenvalue weighted by atomic mass is 16.5. The molecule has 0 spiro atoms. The van der Waals surface area contributed by atoms with Crippen molar-refractivity contribution in [1.82, 2.24) is 15.1 Å². The molecule has 0 radical (unpaired) electrons. The van der Waals surface area contributed by atoms with Crippen LogP contribution in [0.3, 0.4) is 0 Å². The number of ether oxygens (including phenoxy) is 1. The van der Waals surface area contributed by atoms with Crippen LogP contribution in [0.25, 0.3) is 5.57 Å². The molecule has 0 unspecified atom stereocenters. The third-order valence-electron chi connectivity index (χ3n) is 3.71. The molecule has 0 saturated carbocycles. The molecule has 0 fully saturated rings. The fourth-order valence-corrected chi connectivity index (χ4v) is 2.47. The Labute approximate surface area is 125 Å². The molecule has 3 rings (SSSR count). The Hall–Kier alpha value is -2.07. The van der Waals surface area contributed by atoms with Gasteiger partial charge in [0.25, 0.3) is 0 Å². The molecule has 110 valence electrons. The van der Waals surface area contributed by atoms with Gasteiger partial charge in [-0.05, 0) is 43.2 Å². The van der Waals surface area contributed by atoms with Crippen LogP contribution in [0.4, 0.5) is 0 Å². The Morgan fingerprint density at radius 1 is 1.29 bits per heavy atom. The smallest absolute Gasteiger partial charge is 0.119 e. The summed E-state index contributed by atoms with van der Waals surface area (Å²) in [6.07, 6.45) is 7.24. The molecular formula is C17H21N3O. The van der Waals surface area contributed by atoms with Crippen LogP contribution in [0.5, 0.6) is 5.75 Å². The molecule has 0 bridgehead atoms. The molecule has 0 amide bonds. The Morgan fingerprint density at radius 3 is 2.81 bits per heavy atom. The van der Waals surface area contributed by atoms with E-state index in [0.29, 0.717) is 6.61 Å². The van der Waals surface area contributed by atoms with Crippen LogP contribution in [0.2, 0.25) is 0 Å². The first-order chi connectivity index (χ1) is 10.3. The number of hydrogen-bond acceptors (Lipinski definition) is 3. The molecule has 21 heavy (non-hydrogen) atoms. The van der Waals surface area contributed by atoms with Gasteiger partial charge in [0.05, 0.1) is 6.20 Å². The molecule has 1 aromatic heterocycles. The SMILES string of the molecule is CCn1cc(COc2ccc(C3=CCNCC3)cc2)cn1. The molecule has 2 heterocycles. The maximum Gasteiger partial charge on any atom is 0.119 e. The molecule has 4 heteroatoms. The van der Waals surface area contributed by atoms with Crippen molar-refractivity contribution in [2.75, 3.05) is 13.1 Å². The number of aryl methyl sites for hydroxylation is 1. The second-order valence-electron chi connectivity index (χ2n) is 5.20. The minimum atomic E-state index is 0.561. The topological polar surface area (TPSA) is 39.1 Å². The van der Waals surface area contributed by atoms with Gasteiger partial charge in [-0.3, -0.25) is 4.68 Å². The van der Waals surface area contributed by atoms with Crippen molar-refractivity contribution in [3.63, 3.8) is 0 Å². The summed E-state index contributed by atoms with van der Waals surface area (Å²) >= 11 is 0. The van der Waals surface area contributed by atoms with Gasteiger partial charge in [-0.15, -0.1) is 0 Å². The average molecular weight is 283 g/mol. The largest absolute Gasteiger partial charge is 0.489 e. The lowest BCUT2D eigenvalue weighted by Crippen LogP contribution is -2.19. The standard InChI is InChI=1S/C17H21N3O/c1-2-20-12-14(11-19-20)13-21-17-5-3-15(4-6-17)16-7-9-18-10-8-16/h3-7,11-12,18H,2,8-10,13H2,1H3. The van der Waals surface area contributed by atoms with Crippen molar-refractivity contribution in [2.24, 2.45) is 0 Å². The van der Waals surface area contributed by atoms with Gasteiger partial charge < -0.3 is 10.1 Å². The van der Waals surface area contributed by atoms with Gasteiger partial charge in [0.15, 0.2) is 0 Å². The minimum absolute atomic E-state index is 0.561. The quantitative estimate of drug-likeness (QED) is 0.917. The number of hydrogen-bond donors (Lipinski definition) is 1. The summed E-state index contributed by atoms with van der Waals surface area (Å²) in [6, 6.07) is 8.37. The Morgan fingerprint density at radius 2 is 2.14 bits per heavy atom. The predicted molar refractivity (Wildman–Crippen MR) is 84.1 cm³/mol. The van der Waals surface area contributed by atoms with Crippen LogP contribution in [-0.2, 0) is 13.2 Å². The zero-order valence-electron chi connectivity index (χ0n) is 12.4. The normalized spacial score (nSPS) is 14.8. The van der Waals surface area contributed by atoms with E-state index in [4.69, 9.17) is 4.74 Å². The third-order valence-corrected chi connectivity index (χ3v) is 3.71. The third kappa shape index (κ3) is 3.52. The number of benzene rings is 1. The van der Waals surface area contributed by atoms with Gasteiger partial charge in [-0.25, -0.2) is 0 Å². The molecule has 1 aliphatic heterocycles. The molecule has 1 aromatic carbocycles. The lowest BCUT2D eigenvalue weighted by atomic mass is 10.0. The Kier molecular flexibility index (Phi) is 4.36. The first-order valence-corrected chi connectivity index (χ1v) is 7.49. The average Bonchev–Trinajstić information content (AvgIpc) is 3.02. The van der Waals surface area contributed by atoms with E-state index in [9.17, 15) is 0 Å². The van der Waals surface area contributed by atoms with E-state index >= 15 is 0 Å². The van der Waals surface area contributed by atoms with E-state index in [1.807, 2.05) is 29.2 Å². The summed E-state index contributed by atoms with van der Waals surface area (Å²) in [7, 11) is 0. The van der Waals surface area contributed by atoms with Crippen LogP contribution in [0.15, 0.2) is 42.7 Å². The van der Waals surface area contributed by atoms with Gasteiger partial charge in [-0.2, -0.15) is 5.10 Å². The van der Waals surface area contributed by atoms with Crippen molar-refractivity contribution in [2.45, 2.75) is 26.5 Å². The fraction of sp³-hybridized carbons (Fsp3) is 0.353. The van der Waals surface area contributed by atoms with E-state index in [0.717, 1.165) is 37.4 Å². The van der Waals surface area contributed by atoms with E-state index in [1.165, 1.54) is 11.1 Å². The highest BCUT2D eigenvalue weighted by molar-refractivity contribution is 5.67. The van der Waals surface area contributed by atoms with Gasteiger partial charge in [0.1, 0.15) is 12.4 Å². The molecule has 0 saturated heterocycles. The first kappa shape index (κ1) is 13.9. The molecule has 0 atom stereocenters. The summed E-state index contributed by atoms with van der Waals surface area (Å²) in [6.45, 7) is 5.55. The van der Waals surface area contributed by atoms with Crippen molar-refractivity contribution in [3.05, 3.63) is 53.9 Å². The van der Waals surface area contributed by atoms with Crippen LogP contribution in [0, 0.1) is 0 Å². The molecule has 0 aliphatic carbocycles. The van der Waals surface area contributed by atoms with Crippen LogP contribution in [-0.4, -0.2) is 22.9 Å². The van der Waals surface area contributed by atoms with Crippen molar-refractivity contribution in [1.29, 1.82) is 0 Å². The number of nitrogens with one attached hydrogen (secondary N) is 1. The fourth-order valence-electron chi connectivity index (χ4n) is 2.47. The highest BCUT2D eigenvalue weighted by Crippen LogP contribution is 2.22. The van der Waals surface area contributed by atoms with Gasteiger partial charge in [0, 0.05) is 24.8 Å². The van der Waals surface area contributed by atoms with Gasteiger partial charge in [-0.1, -0.05) is 18.2 Å². The molecule has 4 nitrogen and oxygen atoms in total. The lowest BCUT2D eigenvalue weighted by Gasteiger charge is -2.14. The predicted octanol–water partition coefficient (Wildman–Crippen LogP) is 2.86. The van der Waals surface area contributed by atoms with E-state index in [1.54, 1.807) is 0 Å². The van der Waals surface area contributed by atoms with E-state index < -0.39 is 0 Å². The van der Waals surface area contributed by atoms with Crippen molar-refractivity contribution >= 4 is 5.57 Å². The summed E-state index contributed by atoms with van der Waals surface area (Å²) in [5.41, 5.74) is 3.81. The Balaban J connectivity index is 1.60. The van der Waals surface area contributed by atoms with Crippen molar-refractivity contribution < 1.29 is 4.74 Å². The molecule has 2 aromatic rings. The maximum absolute atomic E-state index is 5.81. The summed E-state index contributed by atoms with van der Waals surface area (Å²) < 4.78 is 7.72.